The monoisotopic (exact) mass is 395 g/mol. The van der Waals surface area contributed by atoms with Crippen LogP contribution in [0.1, 0.15) is 17.2 Å². The van der Waals surface area contributed by atoms with Gasteiger partial charge in [0.25, 0.3) is 0 Å². The summed E-state index contributed by atoms with van der Waals surface area (Å²) in [7, 11) is 0. The first-order chi connectivity index (χ1) is 14.7. The number of hydrogen-bond donors (Lipinski definition) is 2. The number of pyridine rings is 1. The van der Waals surface area contributed by atoms with Gasteiger partial charge in [0.2, 0.25) is 0 Å². The molecule has 0 saturated carbocycles. The number of carbonyl (C=O) groups is 1. The van der Waals surface area contributed by atoms with Crippen molar-refractivity contribution < 1.29 is 9.18 Å². The molecule has 30 heavy (non-hydrogen) atoms. The van der Waals surface area contributed by atoms with E-state index in [1.54, 1.807) is 30.5 Å². The molecule has 0 unspecified atom stereocenters. The number of nitrogens with one attached hydrogen (secondary N) is 2. The lowest BCUT2D eigenvalue weighted by Crippen LogP contribution is -2.32. The number of fused-ring (bicyclic) bond motifs is 3. The summed E-state index contributed by atoms with van der Waals surface area (Å²) in [5, 5.41) is 5.96. The summed E-state index contributed by atoms with van der Waals surface area (Å²) >= 11 is 0. The molecule has 0 bridgehead atoms. The van der Waals surface area contributed by atoms with Crippen molar-refractivity contribution >= 4 is 11.7 Å². The van der Waals surface area contributed by atoms with Gasteiger partial charge in [-0.15, -0.1) is 0 Å². The maximum absolute atomic E-state index is 13.7. The van der Waals surface area contributed by atoms with Crippen LogP contribution >= 0.6 is 0 Å². The molecule has 4 aromatic rings. The number of rotatable bonds is 3. The molecule has 0 saturated heterocycles. The molecule has 0 fully saturated rings. The highest BCUT2D eigenvalue weighted by Crippen LogP contribution is 2.43. The average molecular weight is 395 g/mol. The number of urea groups is 1. The summed E-state index contributed by atoms with van der Waals surface area (Å²) in [4.78, 5) is 17.3. The van der Waals surface area contributed by atoms with Crippen molar-refractivity contribution in [3.63, 3.8) is 0 Å². The Morgan fingerprint density at radius 1 is 0.833 bits per heavy atom. The lowest BCUT2D eigenvalue weighted by atomic mass is 10.1. The lowest BCUT2D eigenvalue weighted by Gasteiger charge is -2.17. The highest BCUT2D eigenvalue weighted by molar-refractivity contribution is 5.94. The molecule has 0 atom stereocenters. The molecular weight excluding hydrogens is 377 g/mol. The van der Waals surface area contributed by atoms with Gasteiger partial charge in [-0.2, -0.15) is 0 Å². The predicted octanol–water partition coefficient (Wildman–Crippen LogP) is 5.78. The molecule has 1 aromatic heterocycles. The van der Waals surface area contributed by atoms with Gasteiger partial charge in [0.05, 0.1) is 17.4 Å². The van der Waals surface area contributed by atoms with Gasteiger partial charge in [-0.3, -0.25) is 4.98 Å². The zero-order chi connectivity index (χ0) is 20.5. The van der Waals surface area contributed by atoms with Crippen LogP contribution in [0.5, 0.6) is 0 Å². The van der Waals surface area contributed by atoms with Gasteiger partial charge in [-0.1, -0.05) is 60.7 Å². The second-order valence-corrected chi connectivity index (χ2v) is 7.12. The SMILES string of the molecule is O=C(Nc1cccnc1-c1cccc(F)c1)NC1c2ccccc2-c2ccccc21. The van der Waals surface area contributed by atoms with E-state index in [0.29, 0.717) is 16.9 Å². The highest BCUT2D eigenvalue weighted by Gasteiger charge is 2.29. The van der Waals surface area contributed by atoms with Crippen LogP contribution in [0.15, 0.2) is 91.1 Å². The van der Waals surface area contributed by atoms with E-state index in [1.807, 2.05) is 36.4 Å². The zero-order valence-corrected chi connectivity index (χ0v) is 16.0. The number of aromatic nitrogens is 1. The van der Waals surface area contributed by atoms with E-state index in [9.17, 15) is 9.18 Å². The number of carbonyl (C=O) groups excluding carboxylic acids is 1. The minimum absolute atomic E-state index is 0.244. The minimum atomic E-state index is -0.354. The quantitative estimate of drug-likeness (QED) is 0.462. The first-order valence-electron chi connectivity index (χ1n) is 9.67. The number of amides is 2. The Labute approximate surface area is 173 Å². The number of halogens is 1. The normalized spacial score (nSPS) is 12.2. The number of hydrogen-bond acceptors (Lipinski definition) is 2. The molecule has 4 nitrogen and oxygen atoms in total. The second-order valence-electron chi connectivity index (χ2n) is 7.12. The number of nitrogens with zero attached hydrogens (tertiary/aromatic N) is 1. The summed E-state index contributed by atoms with van der Waals surface area (Å²) in [6.45, 7) is 0. The first kappa shape index (κ1) is 18.1. The van der Waals surface area contributed by atoms with E-state index in [4.69, 9.17) is 0 Å². The van der Waals surface area contributed by atoms with E-state index >= 15 is 0 Å². The Bertz CT molecular complexity index is 1210. The van der Waals surface area contributed by atoms with Crippen LogP contribution in [0, 0.1) is 5.82 Å². The Morgan fingerprint density at radius 2 is 1.53 bits per heavy atom. The molecule has 1 aliphatic carbocycles. The van der Waals surface area contributed by atoms with E-state index in [1.165, 1.54) is 12.1 Å². The Morgan fingerprint density at radius 3 is 2.23 bits per heavy atom. The van der Waals surface area contributed by atoms with Crippen LogP contribution in [0.3, 0.4) is 0 Å². The van der Waals surface area contributed by atoms with Crippen LogP contribution in [0.2, 0.25) is 0 Å². The van der Waals surface area contributed by atoms with E-state index in [0.717, 1.165) is 22.3 Å². The standard InChI is InChI=1S/C25H18FN3O/c26-17-8-5-7-16(15-17)23-22(13-6-14-27-23)28-25(30)29-24-20-11-3-1-9-18(20)19-10-2-4-12-21(19)24/h1-15,24H,(H2,28,29,30). The molecular formula is C25H18FN3O. The Balaban J connectivity index is 1.43. The summed E-state index contributed by atoms with van der Waals surface area (Å²) in [6, 6.07) is 25.2. The van der Waals surface area contributed by atoms with Crippen LogP contribution < -0.4 is 10.6 Å². The molecule has 0 aliphatic heterocycles. The second kappa shape index (κ2) is 7.44. The summed E-state index contributed by atoms with van der Waals surface area (Å²) in [5.74, 6) is -0.354. The number of anilines is 1. The van der Waals surface area contributed by atoms with Crippen molar-refractivity contribution in [2.24, 2.45) is 0 Å². The molecule has 2 N–H and O–H groups in total. The van der Waals surface area contributed by atoms with Gasteiger partial charge >= 0.3 is 6.03 Å². The summed E-state index contributed by atoms with van der Waals surface area (Å²) in [6.07, 6.45) is 1.62. The Kier molecular flexibility index (Phi) is 4.48. The van der Waals surface area contributed by atoms with Crippen LogP contribution in [0.25, 0.3) is 22.4 Å². The molecule has 1 aliphatic rings. The largest absolute Gasteiger partial charge is 0.327 e. The maximum Gasteiger partial charge on any atom is 0.320 e. The van der Waals surface area contributed by atoms with Crippen molar-refractivity contribution in [3.05, 3.63) is 108 Å². The van der Waals surface area contributed by atoms with Gasteiger partial charge in [0, 0.05) is 11.8 Å². The average Bonchev–Trinajstić information content (AvgIpc) is 3.08. The van der Waals surface area contributed by atoms with Crippen molar-refractivity contribution in [2.75, 3.05) is 5.32 Å². The highest BCUT2D eigenvalue weighted by atomic mass is 19.1. The number of benzene rings is 3. The van der Waals surface area contributed by atoms with E-state index in [-0.39, 0.29) is 17.9 Å². The fourth-order valence-corrected chi connectivity index (χ4v) is 3.97. The van der Waals surface area contributed by atoms with Crippen molar-refractivity contribution in [3.8, 4) is 22.4 Å². The van der Waals surface area contributed by atoms with Crippen molar-refractivity contribution in [2.45, 2.75) is 6.04 Å². The van der Waals surface area contributed by atoms with E-state index < -0.39 is 0 Å². The molecule has 1 heterocycles. The van der Waals surface area contributed by atoms with Crippen LogP contribution in [-0.4, -0.2) is 11.0 Å². The zero-order valence-electron chi connectivity index (χ0n) is 16.0. The summed E-state index contributed by atoms with van der Waals surface area (Å²) < 4.78 is 13.7. The molecule has 3 aromatic carbocycles. The topological polar surface area (TPSA) is 54.0 Å². The third-order valence-electron chi connectivity index (χ3n) is 5.26. The van der Waals surface area contributed by atoms with Crippen LogP contribution in [0.4, 0.5) is 14.9 Å². The molecule has 2 amide bonds. The van der Waals surface area contributed by atoms with Gasteiger partial charge in [-0.05, 0) is 46.5 Å². The molecule has 5 rings (SSSR count). The third kappa shape index (κ3) is 3.20. The van der Waals surface area contributed by atoms with Gasteiger partial charge in [0.15, 0.2) is 0 Å². The smallest absolute Gasteiger partial charge is 0.320 e. The molecule has 146 valence electrons. The maximum atomic E-state index is 13.7. The van der Waals surface area contributed by atoms with Crippen LogP contribution in [-0.2, 0) is 0 Å². The fourth-order valence-electron chi connectivity index (χ4n) is 3.97. The molecule has 5 heteroatoms. The lowest BCUT2D eigenvalue weighted by molar-refractivity contribution is 0.250. The Hall–Kier alpha value is -3.99. The summed E-state index contributed by atoms with van der Waals surface area (Å²) in [5.41, 5.74) is 6.00. The fraction of sp³-hybridized carbons (Fsp3) is 0.0400. The van der Waals surface area contributed by atoms with Crippen molar-refractivity contribution in [1.82, 2.24) is 10.3 Å². The minimum Gasteiger partial charge on any atom is -0.327 e. The van der Waals surface area contributed by atoms with Gasteiger partial charge in [-0.25, -0.2) is 9.18 Å². The van der Waals surface area contributed by atoms with E-state index in [2.05, 4.69) is 27.8 Å². The predicted molar refractivity (Wildman–Crippen MR) is 116 cm³/mol. The molecule has 0 spiro atoms. The molecule has 0 radical (unpaired) electrons. The third-order valence-corrected chi connectivity index (χ3v) is 5.26. The van der Waals surface area contributed by atoms with Gasteiger partial charge in [0.1, 0.15) is 5.82 Å². The first-order valence-corrected chi connectivity index (χ1v) is 9.67. The van der Waals surface area contributed by atoms with Gasteiger partial charge < -0.3 is 10.6 Å². The van der Waals surface area contributed by atoms with Crippen molar-refractivity contribution in [1.29, 1.82) is 0 Å².